The molecule has 1 aromatic heterocycles. The predicted molar refractivity (Wildman–Crippen MR) is 99.4 cm³/mol. The number of aliphatic hydroxyl groups excluding tert-OH is 1. The number of unbranched alkanes of at least 4 members (excludes halogenated alkanes) is 1. The molecule has 1 saturated heterocycles. The lowest BCUT2D eigenvalue weighted by atomic mass is 9.99. The molecule has 1 fully saturated rings. The molecule has 2 aromatic rings. The fourth-order valence-electron chi connectivity index (χ4n) is 3.08. The van der Waals surface area contributed by atoms with Crippen LogP contribution in [0.1, 0.15) is 41.8 Å². The van der Waals surface area contributed by atoms with Gasteiger partial charge >= 0.3 is 0 Å². The predicted octanol–water partition coefficient (Wildman–Crippen LogP) is 4.42. The van der Waals surface area contributed by atoms with E-state index >= 15 is 0 Å². The summed E-state index contributed by atoms with van der Waals surface area (Å²) in [6.45, 7) is 4.06. The second-order valence-corrected chi connectivity index (χ2v) is 7.30. The van der Waals surface area contributed by atoms with Gasteiger partial charge in [0.05, 0.1) is 11.6 Å². The van der Waals surface area contributed by atoms with Gasteiger partial charge in [0.2, 0.25) is 0 Å². The second kappa shape index (κ2) is 7.41. The smallest absolute Gasteiger partial charge is 0.295 e. The van der Waals surface area contributed by atoms with Crippen LogP contribution < -0.4 is 0 Å². The fraction of sp³-hybridized carbons (Fsp3) is 0.300. The summed E-state index contributed by atoms with van der Waals surface area (Å²) in [5.41, 5.74) is 0.666. The second-order valence-electron chi connectivity index (χ2n) is 6.33. The van der Waals surface area contributed by atoms with Crippen molar-refractivity contribution < 1.29 is 19.1 Å². The lowest BCUT2D eigenvalue weighted by Gasteiger charge is -2.23. The molecule has 0 bridgehead atoms. The lowest BCUT2D eigenvalue weighted by Crippen LogP contribution is -2.30. The highest BCUT2D eigenvalue weighted by molar-refractivity contribution is 7.10. The number of aliphatic hydroxyl groups is 1. The van der Waals surface area contributed by atoms with E-state index in [9.17, 15) is 19.1 Å². The number of benzene rings is 1. The summed E-state index contributed by atoms with van der Waals surface area (Å²) < 4.78 is 13.9. The van der Waals surface area contributed by atoms with Crippen molar-refractivity contribution in [1.29, 1.82) is 0 Å². The standard InChI is InChI=1S/C20H20FNO3S/c1-3-4-9-22-17(15-6-5-10-26-15)16(19(24)20(22)25)18(23)13-8-7-12(2)14(21)11-13/h5-8,10-11,17,23H,3-4,9H2,1-2H3/b18-16-. The van der Waals surface area contributed by atoms with Crippen molar-refractivity contribution in [1.82, 2.24) is 4.90 Å². The number of rotatable bonds is 5. The number of hydrogen-bond acceptors (Lipinski definition) is 4. The Morgan fingerprint density at radius 2 is 2.08 bits per heavy atom. The van der Waals surface area contributed by atoms with E-state index < -0.39 is 23.5 Å². The van der Waals surface area contributed by atoms with Crippen molar-refractivity contribution in [3.8, 4) is 0 Å². The van der Waals surface area contributed by atoms with Gasteiger partial charge in [0, 0.05) is 17.0 Å². The zero-order valence-electron chi connectivity index (χ0n) is 14.7. The van der Waals surface area contributed by atoms with Crippen LogP contribution in [0.3, 0.4) is 0 Å². The fourth-order valence-corrected chi connectivity index (χ4v) is 3.92. The third-order valence-corrected chi connectivity index (χ3v) is 5.48. The number of thiophene rings is 1. The number of aryl methyl sites for hydroxylation is 1. The average molecular weight is 373 g/mol. The first-order valence-corrected chi connectivity index (χ1v) is 9.42. The van der Waals surface area contributed by atoms with E-state index in [0.717, 1.165) is 17.7 Å². The third kappa shape index (κ3) is 3.17. The Balaban J connectivity index is 2.14. The van der Waals surface area contributed by atoms with Crippen molar-refractivity contribution in [2.24, 2.45) is 0 Å². The van der Waals surface area contributed by atoms with E-state index in [4.69, 9.17) is 0 Å². The van der Waals surface area contributed by atoms with E-state index in [1.807, 2.05) is 24.4 Å². The van der Waals surface area contributed by atoms with Crippen molar-refractivity contribution in [2.45, 2.75) is 32.7 Å². The minimum Gasteiger partial charge on any atom is -0.507 e. The number of nitrogens with zero attached hydrogens (tertiary/aromatic N) is 1. The molecule has 4 nitrogen and oxygen atoms in total. The Hall–Kier alpha value is -2.47. The zero-order valence-corrected chi connectivity index (χ0v) is 15.5. The van der Waals surface area contributed by atoms with E-state index in [-0.39, 0.29) is 16.9 Å². The van der Waals surface area contributed by atoms with Crippen LogP contribution in [-0.2, 0) is 9.59 Å². The number of ketones is 1. The maximum atomic E-state index is 13.9. The van der Waals surface area contributed by atoms with Gasteiger partial charge in [-0.2, -0.15) is 0 Å². The summed E-state index contributed by atoms with van der Waals surface area (Å²) in [5.74, 6) is -2.15. The molecule has 0 spiro atoms. The number of carbonyl (C=O) groups excluding carboxylic acids is 2. The molecular formula is C20H20FNO3S. The van der Waals surface area contributed by atoms with Crippen LogP contribution in [0.2, 0.25) is 0 Å². The Labute approximate surface area is 155 Å². The van der Waals surface area contributed by atoms with Gasteiger partial charge in [-0.3, -0.25) is 9.59 Å². The Morgan fingerprint density at radius 1 is 1.31 bits per heavy atom. The molecule has 2 heterocycles. The first kappa shape index (κ1) is 18.3. The topological polar surface area (TPSA) is 57.6 Å². The number of carbonyl (C=O) groups is 2. The van der Waals surface area contributed by atoms with Gasteiger partial charge in [-0.05, 0) is 36.4 Å². The molecule has 1 amide bonds. The molecule has 1 atom stereocenters. The maximum Gasteiger partial charge on any atom is 0.295 e. The zero-order chi connectivity index (χ0) is 18.8. The van der Waals surface area contributed by atoms with Gasteiger partial charge in [-0.25, -0.2) is 4.39 Å². The van der Waals surface area contributed by atoms with Gasteiger partial charge in [-0.15, -0.1) is 11.3 Å². The Bertz CT molecular complexity index is 873. The minimum absolute atomic E-state index is 0.0248. The molecule has 26 heavy (non-hydrogen) atoms. The van der Waals surface area contributed by atoms with Gasteiger partial charge in [0.1, 0.15) is 11.6 Å². The quantitative estimate of drug-likeness (QED) is 0.480. The van der Waals surface area contributed by atoms with Crippen molar-refractivity contribution in [2.75, 3.05) is 6.54 Å². The molecule has 1 N–H and O–H groups in total. The van der Waals surface area contributed by atoms with Crippen molar-refractivity contribution in [3.05, 3.63) is 63.1 Å². The van der Waals surface area contributed by atoms with Crippen LogP contribution in [0, 0.1) is 12.7 Å². The third-order valence-electron chi connectivity index (χ3n) is 4.55. The highest BCUT2D eigenvalue weighted by atomic mass is 32.1. The van der Waals surface area contributed by atoms with Gasteiger partial charge < -0.3 is 10.0 Å². The molecule has 0 aliphatic carbocycles. The monoisotopic (exact) mass is 373 g/mol. The first-order valence-electron chi connectivity index (χ1n) is 8.54. The average Bonchev–Trinajstić information content (AvgIpc) is 3.23. The van der Waals surface area contributed by atoms with Crippen LogP contribution in [-0.4, -0.2) is 28.2 Å². The molecular weight excluding hydrogens is 353 g/mol. The molecule has 1 aliphatic heterocycles. The highest BCUT2D eigenvalue weighted by Crippen LogP contribution is 2.41. The molecule has 136 valence electrons. The summed E-state index contributed by atoms with van der Waals surface area (Å²) >= 11 is 1.42. The minimum atomic E-state index is -0.724. The van der Waals surface area contributed by atoms with Gasteiger partial charge in [0.25, 0.3) is 11.7 Å². The molecule has 1 aromatic carbocycles. The Morgan fingerprint density at radius 3 is 2.69 bits per heavy atom. The molecule has 0 radical (unpaired) electrons. The molecule has 1 aliphatic rings. The van der Waals surface area contributed by atoms with Crippen LogP contribution in [0.15, 0.2) is 41.3 Å². The van der Waals surface area contributed by atoms with E-state index in [0.29, 0.717) is 12.1 Å². The SMILES string of the molecule is CCCCN1C(=O)C(=O)/C(=C(\O)c2ccc(C)c(F)c2)C1c1cccs1. The summed E-state index contributed by atoms with van der Waals surface area (Å²) in [6, 6.07) is 7.33. The van der Waals surface area contributed by atoms with E-state index in [1.165, 1.54) is 28.4 Å². The number of amides is 1. The lowest BCUT2D eigenvalue weighted by molar-refractivity contribution is -0.139. The first-order chi connectivity index (χ1) is 12.5. The molecule has 6 heteroatoms. The Kier molecular flexibility index (Phi) is 5.23. The van der Waals surface area contributed by atoms with E-state index in [2.05, 4.69) is 0 Å². The maximum absolute atomic E-state index is 13.9. The molecule has 3 rings (SSSR count). The van der Waals surface area contributed by atoms with Gasteiger partial charge in [-0.1, -0.05) is 31.5 Å². The van der Waals surface area contributed by atoms with Crippen LogP contribution in [0.25, 0.3) is 5.76 Å². The van der Waals surface area contributed by atoms with E-state index in [1.54, 1.807) is 13.0 Å². The highest BCUT2D eigenvalue weighted by Gasteiger charge is 2.46. The summed E-state index contributed by atoms with van der Waals surface area (Å²) in [5, 5.41) is 12.6. The van der Waals surface area contributed by atoms with Crippen LogP contribution >= 0.6 is 11.3 Å². The number of likely N-dealkylation sites (tertiary alicyclic amines) is 1. The number of hydrogen-bond donors (Lipinski definition) is 1. The number of halogens is 1. The molecule has 1 unspecified atom stereocenters. The van der Waals surface area contributed by atoms with Crippen LogP contribution in [0.4, 0.5) is 4.39 Å². The molecule has 0 saturated carbocycles. The van der Waals surface area contributed by atoms with Crippen molar-refractivity contribution in [3.63, 3.8) is 0 Å². The summed E-state index contributed by atoms with van der Waals surface area (Å²) in [6.07, 6.45) is 1.64. The number of Topliss-reactive ketones (excluding diaryl/α,β-unsaturated/α-hetero) is 1. The van der Waals surface area contributed by atoms with Crippen molar-refractivity contribution >= 4 is 28.8 Å². The van der Waals surface area contributed by atoms with Gasteiger partial charge in [0.15, 0.2) is 0 Å². The largest absolute Gasteiger partial charge is 0.507 e. The summed E-state index contributed by atoms with van der Waals surface area (Å²) in [7, 11) is 0. The van der Waals surface area contributed by atoms with Crippen LogP contribution in [0.5, 0.6) is 0 Å². The summed E-state index contributed by atoms with van der Waals surface area (Å²) in [4.78, 5) is 27.5. The normalized spacial score (nSPS) is 19.3.